The van der Waals surface area contributed by atoms with Gasteiger partial charge < -0.3 is 0 Å². The molecule has 0 amide bonds. The third-order valence-electron chi connectivity index (χ3n) is 7.80. The summed E-state index contributed by atoms with van der Waals surface area (Å²) in [6.45, 7) is 0. The first-order valence-corrected chi connectivity index (χ1v) is 14.1. The van der Waals surface area contributed by atoms with E-state index in [1.54, 1.807) is 0 Å². The lowest BCUT2D eigenvalue weighted by Gasteiger charge is -2.09. The molecule has 0 N–H and O–H groups in total. The summed E-state index contributed by atoms with van der Waals surface area (Å²) in [5, 5.41) is 0. The maximum Gasteiger partial charge on any atom is 0.137 e. The van der Waals surface area contributed by atoms with E-state index in [1.807, 2.05) is 24.3 Å². The van der Waals surface area contributed by atoms with E-state index in [9.17, 15) is 0 Å². The average molecular weight is 539 g/mol. The molecule has 0 saturated heterocycles. The van der Waals surface area contributed by atoms with Gasteiger partial charge in [-0.15, -0.1) is 0 Å². The number of imidazole rings is 2. The van der Waals surface area contributed by atoms with Crippen LogP contribution in [0.15, 0.2) is 158 Å². The lowest BCUT2D eigenvalue weighted by atomic mass is 9.98. The molecule has 0 bridgehead atoms. The molecule has 0 aliphatic rings. The summed E-state index contributed by atoms with van der Waals surface area (Å²) in [6.07, 6.45) is 4.17. The molecule has 0 aliphatic carbocycles. The molecule has 0 unspecified atom stereocenters. The van der Waals surface area contributed by atoms with E-state index in [0.29, 0.717) is 0 Å². The molecular formula is C38H26N4. The predicted octanol–water partition coefficient (Wildman–Crippen LogP) is 9.32. The fourth-order valence-electron chi connectivity index (χ4n) is 5.78. The van der Waals surface area contributed by atoms with Gasteiger partial charge in [-0.25, -0.2) is 9.97 Å². The fraction of sp³-hybridized carbons (Fsp3) is 0. The van der Waals surface area contributed by atoms with Crippen molar-refractivity contribution >= 4 is 11.3 Å². The van der Waals surface area contributed by atoms with Crippen molar-refractivity contribution in [2.75, 3.05) is 0 Å². The van der Waals surface area contributed by atoms with Gasteiger partial charge in [-0.05, 0) is 35.4 Å². The highest BCUT2D eigenvalue weighted by Gasteiger charge is 2.17. The van der Waals surface area contributed by atoms with Crippen LogP contribution in [0.3, 0.4) is 0 Å². The van der Waals surface area contributed by atoms with Gasteiger partial charge >= 0.3 is 0 Å². The molecule has 0 atom stereocenters. The molecule has 0 saturated carbocycles. The highest BCUT2D eigenvalue weighted by Crippen LogP contribution is 2.36. The zero-order valence-corrected chi connectivity index (χ0v) is 22.8. The van der Waals surface area contributed by atoms with Gasteiger partial charge in [0, 0.05) is 34.6 Å². The molecule has 0 fully saturated rings. The zero-order chi connectivity index (χ0) is 27.9. The van der Waals surface area contributed by atoms with Crippen molar-refractivity contribution in [1.29, 1.82) is 0 Å². The molecule has 0 aliphatic heterocycles. The Balaban J connectivity index is 1.17. The van der Waals surface area contributed by atoms with Gasteiger partial charge in [0.2, 0.25) is 0 Å². The van der Waals surface area contributed by atoms with Gasteiger partial charge in [0.1, 0.15) is 11.3 Å². The minimum Gasteiger partial charge on any atom is -0.299 e. The first kappa shape index (κ1) is 24.1. The summed E-state index contributed by atoms with van der Waals surface area (Å²) in [6, 6.07) is 50.7. The van der Waals surface area contributed by atoms with Gasteiger partial charge in [0.05, 0.1) is 22.8 Å². The zero-order valence-electron chi connectivity index (χ0n) is 22.8. The highest BCUT2D eigenvalue weighted by atomic mass is 15.0. The van der Waals surface area contributed by atoms with Crippen LogP contribution in [0, 0.1) is 0 Å². The Bertz CT molecular complexity index is 2000. The molecule has 0 spiro atoms. The molecule has 198 valence electrons. The highest BCUT2D eigenvalue weighted by molar-refractivity contribution is 5.85. The Morgan fingerprint density at radius 3 is 1.07 bits per heavy atom. The molecule has 4 nitrogen and oxygen atoms in total. The van der Waals surface area contributed by atoms with Crippen LogP contribution in [-0.2, 0) is 0 Å². The van der Waals surface area contributed by atoms with Crippen LogP contribution >= 0.6 is 0 Å². The second-order valence-electron chi connectivity index (χ2n) is 10.4. The van der Waals surface area contributed by atoms with Crippen LogP contribution in [0.25, 0.3) is 67.5 Å². The lowest BCUT2D eigenvalue weighted by Crippen LogP contribution is -1.90. The standard InChI is InChI=1S/C38H26N4/c1-3-11-29(12-4-1)35-37(41-25-9-7-15-33(41)39-35)31-21-17-27(18-22-31)28-19-23-32(24-20-28)38-36(30-13-5-2-6-14-30)40-34-16-8-10-26-42(34)38/h1-26H. The first-order chi connectivity index (χ1) is 20.8. The molecule has 4 heteroatoms. The van der Waals surface area contributed by atoms with E-state index >= 15 is 0 Å². The quantitative estimate of drug-likeness (QED) is 0.219. The number of pyridine rings is 2. The monoisotopic (exact) mass is 538 g/mol. The van der Waals surface area contributed by atoms with Crippen LogP contribution in [0.4, 0.5) is 0 Å². The van der Waals surface area contributed by atoms with E-state index in [2.05, 4.69) is 143 Å². The molecular weight excluding hydrogens is 512 g/mol. The maximum absolute atomic E-state index is 4.98. The topological polar surface area (TPSA) is 34.6 Å². The van der Waals surface area contributed by atoms with E-state index in [-0.39, 0.29) is 0 Å². The average Bonchev–Trinajstić information content (AvgIpc) is 3.65. The van der Waals surface area contributed by atoms with Crippen LogP contribution < -0.4 is 0 Å². The Labute approximate surface area is 243 Å². The Morgan fingerprint density at radius 2 is 0.667 bits per heavy atom. The summed E-state index contributed by atoms with van der Waals surface area (Å²) in [5.41, 5.74) is 12.9. The van der Waals surface area contributed by atoms with Crippen LogP contribution in [0.5, 0.6) is 0 Å². The lowest BCUT2D eigenvalue weighted by molar-refractivity contribution is 1.19. The molecule has 8 aromatic rings. The smallest absolute Gasteiger partial charge is 0.137 e. The largest absolute Gasteiger partial charge is 0.299 e. The summed E-state index contributed by atoms with van der Waals surface area (Å²) in [7, 11) is 0. The summed E-state index contributed by atoms with van der Waals surface area (Å²) >= 11 is 0. The minimum absolute atomic E-state index is 0.938. The number of hydrogen-bond acceptors (Lipinski definition) is 2. The first-order valence-electron chi connectivity index (χ1n) is 14.1. The van der Waals surface area contributed by atoms with Gasteiger partial charge in [0.25, 0.3) is 0 Å². The molecule has 8 rings (SSSR count). The van der Waals surface area contributed by atoms with Gasteiger partial charge in [-0.2, -0.15) is 0 Å². The van der Waals surface area contributed by atoms with Crippen molar-refractivity contribution in [1.82, 2.24) is 18.8 Å². The number of fused-ring (bicyclic) bond motifs is 2. The van der Waals surface area contributed by atoms with Crippen LogP contribution in [0.1, 0.15) is 0 Å². The second kappa shape index (κ2) is 10.0. The van der Waals surface area contributed by atoms with Crippen LogP contribution in [-0.4, -0.2) is 18.8 Å². The predicted molar refractivity (Wildman–Crippen MR) is 171 cm³/mol. The number of rotatable bonds is 5. The van der Waals surface area contributed by atoms with E-state index < -0.39 is 0 Å². The number of nitrogens with zero attached hydrogens (tertiary/aromatic N) is 4. The van der Waals surface area contributed by atoms with Crippen molar-refractivity contribution in [2.24, 2.45) is 0 Å². The molecule has 4 heterocycles. The van der Waals surface area contributed by atoms with Crippen molar-refractivity contribution in [3.8, 4) is 56.2 Å². The molecule has 4 aromatic heterocycles. The van der Waals surface area contributed by atoms with Crippen molar-refractivity contribution in [3.63, 3.8) is 0 Å². The van der Waals surface area contributed by atoms with E-state index in [1.165, 1.54) is 11.1 Å². The number of hydrogen-bond donors (Lipinski definition) is 0. The number of aromatic nitrogens is 4. The SMILES string of the molecule is c1ccc(-c2nc3ccccn3c2-c2ccc(-c3ccc(-c4c(-c5ccccc5)nc5ccccn45)cc3)cc2)cc1. The van der Waals surface area contributed by atoms with E-state index in [4.69, 9.17) is 9.97 Å². The molecule has 4 aromatic carbocycles. The van der Waals surface area contributed by atoms with Crippen molar-refractivity contribution < 1.29 is 0 Å². The fourth-order valence-corrected chi connectivity index (χ4v) is 5.78. The summed E-state index contributed by atoms with van der Waals surface area (Å²) in [5.74, 6) is 0. The van der Waals surface area contributed by atoms with Gasteiger partial charge in [-0.1, -0.05) is 121 Å². The Hall–Kier alpha value is -5.74. The third kappa shape index (κ3) is 4.09. The van der Waals surface area contributed by atoms with Crippen molar-refractivity contribution in [3.05, 3.63) is 158 Å². The number of benzene rings is 4. The Morgan fingerprint density at radius 1 is 0.310 bits per heavy atom. The maximum atomic E-state index is 4.98. The second-order valence-corrected chi connectivity index (χ2v) is 10.4. The summed E-state index contributed by atoms with van der Waals surface area (Å²) in [4.78, 5) is 9.96. The molecule has 42 heavy (non-hydrogen) atoms. The van der Waals surface area contributed by atoms with Crippen LogP contribution in [0.2, 0.25) is 0 Å². The Kier molecular flexibility index (Phi) is 5.75. The van der Waals surface area contributed by atoms with Crippen molar-refractivity contribution in [2.45, 2.75) is 0 Å². The normalized spacial score (nSPS) is 11.3. The molecule has 0 radical (unpaired) electrons. The third-order valence-corrected chi connectivity index (χ3v) is 7.80. The summed E-state index contributed by atoms with van der Waals surface area (Å²) < 4.78 is 4.35. The van der Waals surface area contributed by atoms with Gasteiger partial charge in [0.15, 0.2) is 0 Å². The van der Waals surface area contributed by atoms with Gasteiger partial charge in [-0.3, -0.25) is 8.80 Å². The minimum atomic E-state index is 0.938. The van der Waals surface area contributed by atoms with E-state index in [0.717, 1.165) is 56.3 Å².